The molecule has 0 aliphatic heterocycles. The van der Waals surface area contributed by atoms with Gasteiger partial charge in [0.15, 0.2) is 5.04 Å². The molecule has 0 radical (unpaired) electrons. The van der Waals surface area contributed by atoms with E-state index in [1.807, 2.05) is 20.8 Å². The Balaban J connectivity index is 6.36. The Morgan fingerprint density at radius 3 is 1.57 bits per heavy atom. The third-order valence-electron chi connectivity index (χ3n) is 4.05. The molecule has 0 heterocycles. The second-order valence-corrected chi connectivity index (χ2v) is 8.61. The average molecular weight is 354 g/mol. The van der Waals surface area contributed by atoms with Gasteiger partial charge in [-0.25, -0.2) is 0 Å². The molecule has 0 aliphatic carbocycles. The molecule has 6 nitrogen and oxygen atoms in total. The van der Waals surface area contributed by atoms with Crippen molar-refractivity contribution in [3.63, 3.8) is 0 Å². The molecule has 0 rings (SSSR count). The molecule has 21 heavy (non-hydrogen) atoms. The molecule has 0 amide bonds. The van der Waals surface area contributed by atoms with Crippen molar-refractivity contribution in [3.05, 3.63) is 0 Å². The predicted octanol–water partition coefficient (Wildman–Crippen LogP) is 0.907. The van der Waals surface area contributed by atoms with E-state index in [0.717, 1.165) is 13.1 Å². The van der Waals surface area contributed by atoms with Crippen LogP contribution in [-0.4, -0.2) is 64.1 Å². The standard InChI is InChI=1S/C12H27N3O3S2Si/c1-7-15(8-2)9(3)12(10(13)19,11(14)20)21(16-4,17-5)18-6/h9H,7-8H2,1-6H3,(H2,13,19)(H2,14,20). The van der Waals surface area contributed by atoms with Crippen LogP contribution in [0.15, 0.2) is 0 Å². The molecule has 0 saturated carbocycles. The van der Waals surface area contributed by atoms with Crippen LogP contribution in [-0.2, 0) is 13.3 Å². The van der Waals surface area contributed by atoms with E-state index >= 15 is 0 Å². The van der Waals surface area contributed by atoms with Gasteiger partial charge in [0.05, 0.1) is 9.98 Å². The van der Waals surface area contributed by atoms with Gasteiger partial charge in [0.2, 0.25) is 0 Å². The summed E-state index contributed by atoms with van der Waals surface area (Å²) < 4.78 is 16.9. The summed E-state index contributed by atoms with van der Waals surface area (Å²) in [6.07, 6.45) is 0. The molecule has 0 saturated heterocycles. The van der Waals surface area contributed by atoms with Crippen molar-refractivity contribution in [1.29, 1.82) is 0 Å². The van der Waals surface area contributed by atoms with Crippen molar-refractivity contribution < 1.29 is 13.3 Å². The van der Waals surface area contributed by atoms with Gasteiger partial charge in [-0.3, -0.25) is 4.90 Å². The highest BCUT2D eigenvalue weighted by Gasteiger charge is 2.67. The van der Waals surface area contributed by atoms with E-state index in [2.05, 4.69) is 4.90 Å². The van der Waals surface area contributed by atoms with Gasteiger partial charge < -0.3 is 24.7 Å². The zero-order valence-electron chi connectivity index (χ0n) is 13.6. The van der Waals surface area contributed by atoms with Crippen molar-refractivity contribution in [2.24, 2.45) is 11.5 Å². The van der Waals surface area contributed by atoms with Crippen molar-refractivity contribution in [2.75, 3.05) is 34.4 Å². The van der Waals surface area contributed by atoms with E-state index in [1.165, 1.54) is 21.3 Å². The SMILES string of the molecule is CCN(CC)C(C)C(C(N)=S)(C(N)=S)[Si](OC)(OC)OC. The fraction of sp³-hybridized carbons (Fsp3) is 0.833. The Hall–Kier alpha value is -0.163. The summed E-state index contributed by atoms with van der Waals surface area (Å²) in [7, 11) is 1.14. The van der Waals surface area contributed by atoms with E-state index in [4.69, 9.17) is 49.2 Å². The molecule has 1 unspecified atom stereocenters. The summed E-state index contributed by atoms with van der Waals surface area (Å²) in [5.41, 5.74) is 12.1. The molecule has 0 fully saturated rings. The maximum absolute atomic E-state index is 6.07. The lowest BCUT2D eigenvalue weighted by Crippen LogP contribution is -2.70. The Morgan fingerprint density at radius 2 is 1.38 bits per heavy atom. The van der Waals surface area contributed by atoms with Gasteiger partial charge in [-0.05, 0) is 20.0 Å². The summed E-state index contributed by atoms with van der Waals surface area (Å²) >= 11 is 10.6. The molecule has 0 aromatic heterocycles. The van der Waals surface area contributed by atoms with Gasteiger partial charge >= 0.3 is 8.80 Å². The minimum Gasteiger partial charge on any atom is -0.392 e. The van der Waals surface area contributed by atoms with E-state index in [9.17, 15) is 0 Å². The van der Waals surface area contributed by atoms with Gasteiger partial charge in [-0.1, -0.05) is 38.3 Å². The van der Waals surface area contributed by atoms with Crippen LogP contribution >= 0.6 is 24.4 Å². The molecule has 0 bridgehead atoms. The van der Waals surface area contributed by atoms with Crippen LogP contribution in [0.3, 0.4) is 0 Å². The Bertz CT molecular complexity index is 354. The lowest BCUT2D eigenvalue weighted by molar-refractivity contribution is 0.0908. The molecule has 0 aliphatic rings. The van der Waals surface area contributed by atoms with Crippen LogP contribution in [0.1, 0.15) is 20.8 Å². The zero-order chi connectivity index (χ0) is 16.8. The number of rotatable bonds is 10. The minimum atomic E-state index is -3.36. The first-order valence-corrected chi connectivity index (χ1v) is 9.28. The predicted molar refractivity (Wildman–Crippen MR) is 95.4 cm³/mol. The highest BCUT2D eigenvalue weighted by atomic mass is 32.1. The van der Waals surface area contributed by atoms with Crippen molar-refractivity contribution in [3.8, 4) is 0 Å². The third kappa shape index (κ3) is 3.28. The molecule has 1 atom stereocenters. The highest BCUT2D eigenvalue weighted by Crippen LogP contribution is 2.45. The average Bonchev–Trinajstić information content (AvgIpc) is 2.45. The van der Waals surface area contributed by atoms with E-state index in [0.29, 0.717) is 0 Å². The van der Waals surface area contributed by atoms with Crippen molar-refractivity contribution in [2.45, 2.75) is 31.9 Å². The van der Waals surface area contributed by atoms with Crippen LogP contribution in [0.2, 0.25) is 5.04 Å². The number of thiocarbonyl (C=S) groups is 2. The Labute approximate surface area is 139 Å². The van der Waals surface area contributed by atoms with Crippen LogP contribution in [0.5, 0.6) is 0 Å². The van der Waals surface area contributed by atoms with Gasteiger partial charge in [0, 0.05) is 27.4 Å². The second kappa shape index (κ2) is 8.46. The molecule has 0 aromatic carbocycles. The molecule has 0 spiro atoms. The Morgan fingerprint density at radius 1 is 1.05 bits per heavy atom. The first kappa shape index (κ1) is 20.8. The quantitative estimate of drug-likeness (QED) is 0.443. The van der Waals surface area contributed by atoms with E-state index < -0.39 is 13.8 Å². The summed E-state index contributed by atoms with van der Waals surface area (Å²) in [4.78, 5) is 2.41. The third-order valence-corrected chi connectivity index (χ3v) is 8.59. The topological polar surface area (TPSA) is 83.0 Å². The van der Waals surface area contributed by atoms with Crippen LogP contribution < -0.4 is 11.5 Å². The summed E-state index contributed by atoms with van der Waals surface area (Å²) in [6, 6.07) is -0.214. The maximum atomic E-state index is 6.07. The van der Waals surface area contributed by atoms with Gasteiger partial charge in [0.25, 0.3) is 0 Å². The lowest BCUT2D eigenvalue weighted by Gasteiger charge is -2.48. The van der Waals surface area contributed by atoms with Crippen molar-refractivity contribution in [1.82, 2.24) is 4.90 Å². The largest absolute Gasteiger partial charge is 0.522 e. The van der Waals surface area contributed by atoms with Crippen LogP contribution in [0.25, 0.3) is 0 Å². The van der Waals surface area contributed by atoms with Gasteiger partial charge in [-0.2, -0.15) is 0 Å². The first-order chi connectivity index (χ1) is 9.75. The molecule has 0 aromatic rings. The smallest absolute Gasteiger partial charge is 0.392 e. The number of nitrogens with two attached hydrogens (primary N) is 2. The summed E-state index contributed by atoms with van der Waals surface area (Å²) in [5, 5.41) is -1.14. The molecular formula is C12H27N3O3S2Si. The summed E-state index contributed by atoms with van der Waals surface area (Å²) in [5.74, 6) is 0. The number of hydrogen-bond acceptors (Lipinski definition) is 6. The van der Waals surface area contributed by atoms with E-state index in [-0.39, 0.29) is 16.0 Å². The molecular weight excluding hydrogens is 326 g/mol. The fourth-order valence-corrected chi connectivity index (χ4v) is 7.01. The summed E-state index contributed by atoms with van der Waals surface area (Å²) in [6.45, 7) is 7.61. The fourth-order valence-electron chi connectivity index (χ4n) is 2.87. The van der Waals surface area contributed by atoms with Gasteiger partial charge in [0.1, 0.15) is 0 Å². The second-order valence-electron chi connectivity index (χ2n) is 4.60. The van der Waals surface area contributed by atoms with Crippen LogP contribution in [0.4, 0.5) is 0 Å². The minimum absolute atomic E-state index is 0.131. The normalized spacial score (nSPS) is 14.2. The number of hydrogen-bond donors (Lipinski definition) is 2. The molecule has 4 N–H and O–H groups in total. The zero-order valence-corrected chi connectivity index (χ0v) is 16.3. The monoisotopic (exact) mass is 353 g/mol. The highest BCUT2D eigenvalue weighted by molar-refractivity contribution is 7.82. The lowest BCUT2D eigenvalue weighted by atomic mass is 9.98. The molecule has 9 heteroatoms. The van der Waals surface area contributed by atoms with Crippen molar-refractivity contribution >= 4 is 43.2 Å². The maximum Gasteiger partial charge on any atom is 0.522 e. The van der Waals surface area contributed by atoms with Crippen LogP contribution in [0, 0.1) is 0 Å². The molecule has 124 valence electrons. The van der Waals surface area contributed by atoms with E-state index in [1.54, 1.807) is 0 Å². The Kier molecular flexibility index (Phi) is 8.40. The first-order valence-electron chi connectivity index (χ1n) is 6.74. The number of nitrogens with zero attached hydrogens (tertiary/aromatic N) is 1. The van der Waals surface area contributed by atoms with Gasteiger partial charge in [-0.15, -0.1) is 0 Å².